The number of carbonyl (C=O) groups is 2. The van der Waals surface area contributed by atoms with E-state index in [0.717, 1.165) is 16.5 Å². The zero-order chi connectivity index (χ0) is 16.9. The molecule has 0 saturated heterocycles. The summed E-state index contributed by atoms with van der Waals surface area (Å²) in [6.07, 6.45) is 2.22. The number of anilines is 1. The molecule has 3 rings (SSSR count). The van der Waals surface area contributed by atoms with Crippen molar-refractivity contribution in [2.24, 2.45) is 0 Å². The molecule has 0 aliphatic carbocycles. The molecule has 7 heteroatoms. The lowest BCUT2D eigenvalue weighted by atomic mass is 10.1. The van der Waals surface area contributed by atoms with Gasteiger partial charge in [0.2, 0.25) is 5.91 Å². The number of fused-ring (bicyclic) bond motifs is 1. The van der Waals surface area contributed by atoms with Crippen molar-refractivity contribution in [2.75, 3.05) is 11.9 Å². The van der Waals surface area contributed by atoms with Gasteiger partial charge in [-0.05, 0) is 18.6 Å². The highest BCUT2D eigenvalue weighted by molar-refractivity contribution is 7.13. The summed E-state index contributed by atoms with van der Waals surface area (Å²) in [6, 6.07) is 7.85. The highest BCUT2D eigenvalue weighted by atomic mass is 32.1. The van der Waals surface area contributed by atoms with Crippen molar-refractivity contribution in [3.8, 4) is 0 Å². The van der Waals surface area contributed by atoms with Crippen LogP contribution in [0.25, 0.3) is 10.9 Å². The van der Waals surface area contributed by atoms with Crippen LogP contribution in [0.2, 0.25) is 0 Å². The van der Waals surface area contributed by atoms with Crippen molar-refractivity contribution in [1.29, 1.82) is 0 Å². The Labute approximate surface area is 142 Å². The number of para-hydroxylation sites is 1. The summed E-state index contributed by atoms with van der Waals surface area (Å²) >= 11 is 1.30. The number of thiazole rings is 1. The number of aromatic amines is 1. The molecule has 0 aliphatic heterocycles. The molecule has 2 heterocycles. The fourth-order valence-corrected chi connectivity index (χ4v) is 3.15. The first kappa shape index (κ1) is 16.2. The number of carbonyl (C=O) groups excluding carboxylic acids is 2. The van der Waals surface area contributed by atoms with Crippen molar-refractivity contribution in [2.45, 2.75) is 19.8 Å². The summed E-state index contributed by atoms with van der Waals surface area (Å²) in [5.74, 6) is -0.462. The lowest BCUT2D eigenvalue weighted by Crippen LogP contribution is -2.14. The Morgan fingerprint density at radius 1 is 1.29 bits per heavy atom. The second-order valence-electron chi connectivity index (χ2n) is 5.21. The zero-order valence-electron chi connectivity index (χ0n) is 13.2. The molecule has 0 spiro atoms. The van der Waals surface area contributed by atoms with Gasteiger partial charge in [-0.25, -0.2) is 4.98 Å². The van der Waals surface area contributed by atoms with E-state index in [4.69, 9.17) is 4.74 Å². The molecule has 0 aliphatic rings. The molecular weight excluding hydrogens is 326 g/mol. The van der Waals surface area contributed by atoms with E-state index in [2.05, 4.69) is 15.3 Å². The van der Waals surface area contributed by atoms with Crippen molar-refractivity contribution >= 4 is 39.2 Å². The van der Waals surface area contributed by atoms with E-state index < -0.39 is 0 Å². The van der Waals surface area contributed by atoms with Gasteiger partial charge in [-0.1, -0.05) is 18.2 Å². The Balaban J connectivity index is 1.61. The van der Waals surface area contributed by atoms with Crippen LogP contribution in [0.5, 0.6) is 0 Å². The van der Waals surface area contributed by atoms with Gasteiger partial charge in [0.15, 0.2) is 5.13 Å². The second-order valence-corrected chi connectivity index (χ2v) is 6.07. The van der Waals surface area contributed by atoms with E-state index in [1.165, 1.54) is 11.3 Å². The normalized spacial score (nSPS) is 10.7. The van der Waals surface area contributed by atoms with Crippen molar-refractivity contribution in [1.82, 2.24) is 9.97 Å². The molecule has 1 amide bonds. The Bertz CT molecular complexity index is 869. The van der Waals surface area contributed by atoms with E-state index in [9.17, 15) is 9.59 Å². The van der Waals surface area contributed by atoms with Crippen molar-refractivity contribution in [3.05, 3.63) is 47.1 Å². The van der Waals surface area contributed by atoms with Gasteiger partial charge in [0, 0.05) is 22.5 Å². The predicted molar refractivity (Wildman–Crippen MR) is 93.1 cm³/mol. The van der Waals surface area contributed by atoms with Crippen LogP contribution in [0.4, 0.5) is 5.13 Å². The Kier molecular flexibility index (Phi) is 4.90. The molecule has 3 aromatic rings. The SMILES string of the molecule is CCOC(=O)Cc1csc(NC(=O)Cc2c[nH]c3ccccc23)n1. The molecule has 124 valence electrons. The first-order chi connectivity index (χ1) is 11.7. The molecule has 2 N–H and O–H groups in total. The van der Waals surface area contributed by atoms with Crippen LogP contribution < -0.4 is 5.32 Å². The van der Waals surface area contributed by atoms with E-state index >= 15 is 0 Å². The first-order valence-corrected chi connectivity index (χ1v) is 8.48. The number of amides is 1. The number of esters is 1. The Hall–Kier alpha value is -2.67. The molecule has 24 heavy (non-hydrogen) atoms. The van der Waals surface area contributed by atoms with Crippen LogP contribution in [-0.2, 0) is 27.2 Å². The minimum absolute atomic E-state index is 0.114. The first-order valence-electron chi connectivity index (χ1n) is 7.60. The van der Waals surface area contributed by atoms with Gasteiger partial charge in [-0.15, -0.1) is 11.3 Å². The second kappa shape index (κ2) is 7.27. The number of aromatic nitrogens is 2. The van der Waals surface area contributed by atoms with Gasteiger partial charge < -0.3 is 15.0 Å². The Morgan fingerprint density at radius 3 is 2.96 bits per heavy atom. The van der Waals surface area contributed by atoms with Gasteiger partial charge in [0.05, 0.1) is 25.1 Å². The predicted octanol–water partition coefficient (Wildman–Crippen LogP) is 2.91. The monoisotopic (exact) mass is 343 g/mol. The van der Waals surface area contributed by atoms with Crippen molar-refractivity contribution in [3.63, 3.8) is 0 Å². The third-order valence-corrected chi connectivity index (χ3v) is 4.26. The average molecular weight is 343 g/mol. The minimum Gasteiger partial charge on any atom is -0.466 e. The number of benzene rings is 1. The van der Waals surface area contributed by atoms with Gasteiger partial charge in [-0.3, -0.25) is 9.59 Å². The fourth-order valence-electron chi connectivity index (χ4n) is 2.42. The standard InChI is InChI=1S/C17H17N3O3S/c1-2-23-16(22)8-12-10-24-17(19-12)20-15(21)7-11-9-18-14-6-4-3-5-13(11)14/h3-6,9-10,18H,2,7-8H2,1H3,(H,19,20,21). The van der Waals surface area contributed by atoms with Crippen LogP contribution >= 0.6 is 11.3 Å². The maximum atomic E-state index is 12.2. The fraction of sp³-hybridized carbons (Fsp3) is 0.235. The highest BCUT2D eigenvalue weighted by Gasteiger charge is 2.12. The van der Waals surface area contributed by atoms with E-state index in [-0.39, 0.29) is 24.7 Å². The molecule has 6 nitrogen and oxygen atoms in total. The number of nitrogens with one attached hydrogen (secondary N) is 2. The molecule has 0 radical (unpaired) electrons. The maximum Gasteiger partial charge on any atom is 0.311 e. The topological polar surface area (TPSA) is 84.1 Å². The average Bonchev–Trinajstić information content (AvgIpc) is 3.15. The summed E-state index contributed by atoms with van der Waals surface area (Å²) in [5.41, 5.74) is 2.54. The zero-order valence-corrected chi connectivity index (χ0v) is 14.0. The van der Waals surface area contributed by atoms with Gasteiger partial charge >= 0.3 is 5.97 Å². The molecule has 0 bridgehead atoms. The summed E-state index contributed by atoms with van der Waals surface area (Å²) < 4.78 is 4.88. The molecule has 2 aromatic heterocycles. The van der Waals surface area contributed by atoms with E-state index in [0.29, 0.717) is 17.4 Å². The van der Waals surface area contributed by atoms with Crippen LogP contribution in [0.1, 0.15) is 18.2 Å². The molecule has 0 atom stereocenters. The number of hydrogen-bond donors (Lipinski definition) is 2. The summed E-state index contributed by atoms with van der Waals surface area (Å²) in [6.45, 7) is 2.10. The Morgan fingerprint density at radius 2 is 2.12 bits per heavy atom. The number of H-pyrrole nitrogens is 1. The van der Waals surface area contributed by atoms with Crippen LogP contribution in [-0.4, -0.2) is 28.5 Å². The molecule has 0 saturated carbocycles. The summed E-state index contributed by atoms with van der Waals surface area (Å²) in [7, 11) is 0. The highest BCUT2D eigenvalue weighted by Crippen LogP contribution is 2.20. The summed E-state index contributed by atoms with van der Waals surface area (Å²) in [4.78, 5) is 31.0. The molecule has 0 unspecified atom stereocenters. The number of ether oxygens (including phenoxy) is 1. The number of hydrogen-bond acceptors (Lipinski definition) is 5. The van der Waals surface area contributed by atoms with Gasteiger partial charge in [0.25, 0.3) is 0 Å². The van der Waals surface area contributed by atoms with Crippen LogP contribution in [0.15, 0.2) is 35.8 Å². The van der Waals surface area contributed by atoms with Gasteiger partial charge in [-0.2, -0.15) is 0 Å². The number of rotatable bonds is 6. The maximum absolute atomic E-state index is 12.2. The van der Waals surface area contributed by atoms with Gasteiger partial charge in [0.1, 0.15) is 0 Å². The largest absolute Gasteiger partial charge is 0.466 e. The van der Waals surface area contributed by atoms with Crippen molar-refractivity contribution < 1.29 is 14.3 Å². The lowest BCUT2D eigenvalue weighted by Gasteiger charge is -2.01. The smallest absolute Gasteiger partial charge is 0.311 e. The van der Waals surface area contributed by atoms with E-state index in [1.807, 2.05) is 30.5 Å². The minimum atomic E-state index is -0.320. The number of nitrogens with zero attached hydrogens (tertiary/aromatic N) is 1. The third-order valence-electron chi connectivity index (χ3n) is 3.45. The quantitative estimate of drug-likeness (QED) is 0.674. The van der Waals surface area contributed by atoms with Crippen LogP contribution in [0, 0.1) is 0 Å². The third kappa shape index (κ3) is 3.80. The lowest BCUT2D eigenvalue weighted by molar-refractivity contribution is -0.142. The molecule has 0 fully saturated rings. The van der Waals surface area contributed by atoms with Crippen LogP contribution in [0.3, 0.4) is 0 Å². The summed E-state index contributed by atoms with van der Waals surface area (Å²) in [5, 5.41) is 6.04. The molecular formula is C17H17N3O3S. The van der Waals surface area contributed by atoms with E-state index in [1.54, 1.807) is 12.3 Å². The molecule has 1 aromatic carbocycles.